The molecular weight excluding hydrogens is 384 g/mol. The van der Waals surface area contributed by atoms with E-state index < -0.39 is 10.4 Å². The van der Waals surface area contributed by atoms with Crippen molar-refractivity contribution in [1.82, 2.24) is 0 Å². The smallest absolute Gasteiger partial charge is 0.264 e. The molecule has 0 saturated heterocycles. The molecule has 0 aliphatic rings. The average Bonchev–Trinajstić information content (AvgIpc) is 2.68. The Morgan fingerprint density at radius 2 is 1.17 bits per heavy atom. The van der Waals surface area contributed by atoms with Gasteiger partial charge in [-0.15, -0.1) is 0 Å². The summed E-state index contributed by atoms with van der Waals surface area (Å²) in [4.78, 5) is 0. The van der Waals surface area contributed by atoms with Crippen LogP contribution in [0.3, 0.4) is 0 Å². The Hall–Kier alpha value is -0.390. The van der Waals surface area contributed by atoms with Gasteiger partial charge in [0.25, 0.3) is 0 Å². The molecule has 0 heterocycles. The molecule has 0 bridgehead atoms. The van der Waals surface area contributed by atoms with E-state index in [0.29, 0.717) is 0 Å². The largest absolute Gasteiger partial charge is 0.397 e. The van der Waals surface area contributed by atoms with Crippen molar-refractivity contribution in [2.75, 3.05) is 6.61 Å². The van der Waals surface area contributed by atoms with Crippen LogP contribution in [0, 0.1) is 5.92 Å². The predicted octanol–water partition coefficient (Wildman–Crippen LogP) is 8.04. The van der Waals surface area contributed by atoms with Crippen LogP contribution in [0.1, 0.15) is 129 Å². The van der Waals surface area contributed by atoms with E-state index in [1.54, 1.807) is 0 Å². The van der Waals surface area contributed by atoms with E-state index >= 15 is 0 Å². The zero-order valence-corrected chi connectivity index (χ0v) is 20.1. The van der Waals surface area contributed by atoms with E-state index in [2.05, 4.69) is 30.2 Å². The first-order valence-electron chi connectivity index (χ1n) is 12.3. The van der Waals surface area contributed by atoms with E-state index in [0.717, 1.165) is 25.7 Å². The van der Waals surface area contributed by atoms with Gasteiger partial charge < -0.3 is 0 Å². The Morgan fingerprint density at radius 1 is 0.724 bits per heavy atom. The number of hydrogen-bond donors (Lipinski definition) is 1. The second-order valence-corrected chi connectivity index (χ2v) is 9.52. The second-order valence-electron chi connectivity index (χ2n) is 8.43. The SMILES string of the molecule is CCCCCCCCCCCCCC/C=C/C(CCCCCC)COS(=O)(=O)O. The van der Waals surface area contributed by atoms with Crippen LogP contribution in [0.2, 0.25) is 0 Å². The van der Waals surface area contributed by atoms with Crippen molar-refractivity contribution in [3.05, 3.63) is 12.2 Å². The van der Waals surface area contributed by atoms with Crippen molar-refractivity contribution in [3.63, 3.8) is 0 Å². The topological polar surface area (TPSA) is 63.6 Å². The Labute approximate surface area is 181 Å². The second kappa shape index (κ2) is 20.9. The first-order valence-corrected chi connectivity index (χ1v) is 13.6. The normalized spacial score (nSPS) is 13.3. The maximum absolute atomic E-state index is 10.8. The summed E-state index contributed by atoms with van der Waals surface area (Å²) in [6, 6.07) is 0. The van der Waals surface area contributed by atoms with Crippen LogP contribution in [-0.2, 0) is 14.6 Å². The maximum atomic E-state index is 10.8. The molecule has 0 aliphatic carbocycles. The predicted molar refractivity (Wildman–Crippen MR) is 125 cm³/mol. The minimum atomic E-state index is -4.35. The summed E-state index contributed by atoms with van der Waals surface area (Å²) in [5, 5.41) is 0. The molecule has 0 aromatic rings. The molecule has 0 aliphatic heterocycles. The quantitative estimate of drug-likeness (QED) is 0.107. The Morgan fingerprint density at radius 3 is 1.66 bits per heavy atom. The molecule has 0 spiro atoms. The molecule has 4 nitrogen and oxygen atoms in total. The van der Waals surface area contributed by atoms with E-state index in [-0.39, 0.29) is 12.5 Å². The van der Waals surface area contributed by atoms with Crippen LogP contribution in [-0.4, -0.2) is 19.6 Å². The number of hydrogen-bond acceptors (Lipinski definition) is 3. The monoisotopic (exact) mass is 432 g/mol. The summed E-state index contributed by atoms with van der Waals surface area (Å²) in [7, 11) is -4.35. The fourth-order valence-corrected chi connectivity index (χ4v) is 3.98. The van der Waals surface area contributed by atoms with E-state index in [9.17, 15) is 8.42 Å². The van der Waals surface area contributed by atoms with Gasteiger partial charge in [0.2, 0.25) is 0 Å². The zero-order valence-electron chi connectivity index (χ0n) is 19.2. The van der Waals surface area contributed by atoms with Gasteiger partial charge in [-0.1, -0.05) is 122 Å². The first-order chi connectivity index (χ1) is 14.0. The molecule has 0 radical (unpaired) electrons. The van der Waals surface area contributed by atoms with Crippen molar-refractivity contribution in [2.45, 2.75) is 129 Å². The van der Waals surface area contributed by atoms with Gasteiger partial charge in [-0.05, 0) is 19.3 Å². The minimum Gasteiger partial charge on any atom is -0.264 e. The summed E-state index contributed by atoms with van der Waals surface area (Å²) < 4.78 is 35.0. The van der Waals surface area contributed by atoms with Crippen LogP contribution in [0.25, 0.3) is 0 Å². The van der Waals surface area contributed by atoms with Crippen LogP contribution in [0.5, 0.6) is 0 Å². The van der Waals surface area contributed by atoms with E-state index in [1.807, 2.05) is 0 Å². The van der Waals surface area contributed by atoms with Gasteiger partial charge in [-0.25, -0.2) is 4.18 Å². The van der Waals surface area contributed by atoms with Gasteiger partial charge in [-0.2, -0.15) is 8.42 Å². The highest BCUT2D eigenvalue weighted by Crippen LogP contribution is 2.16. The Kier molecular flexibility index (Phi) is 20.6. The molecular formula is C24H48O4S. The van der Waals surface area contributed by atoms with Crippen molar-refractivity contribution < 1.29 is 17.2 Å². The third kappa shape index (κ3) is 23.8. The molecule has 0 aromatic carbocycles. The lowest BCUT2D eigenvalue weighted by atomic mass is 10.00. The highest BCUT2D eigenvalue weighted by atomic mass is 32.3. The third-order valence-corrected chi connectivity index (χ3v) is 5.93. The van der Waals surface area contributed by atoms with Crippen molar-refractivity contribution in [1.29, 1.82) is 0 Å². The summed E-state index contributed by atoms with van der Waals surface area (Å²) in [5.41, 5.74) is 0. The Bertz CT molecular complexity index is 460. The lowest BCUT2D eigenvalue weighted by molar-refractivity contribution is 0.234. The lowest BCUT2D eigenvalue weighted by Gasteiger charge is -2.11. The molecule has 1 unspecified atom stereocenters. The number of allylic oxidation sites excluding steroid dienone is 1. The van der Waals surface area contributed by atoms with Crippen molar-refractivity contribution in [2.24, 2.45) is 5.92 Å². The van der Waals surface area contributed by atoms with Crippen LogP contribution in [0.4, 0.5) is 0 Å². The molecule has 0 fully saturated rings. The number of rotatable bonds is 22. The van der Waals surface area contributed by atoms with Crippen LogP contribution < -0.4 is 0 Å². The van der Waals surface area contributed by atoms with E-state index in [4.69, 9.17) is 4.55 Å². The summed E-state index contributed by atoms with van der Waals surface area (Å²) in [6.07, 6.45) is 27.0. The van der Waals surface area contributed by atoms with Gasteiger partial charge in [0, 0.05) is 5.92 Å². The fourth-order valence-electron chi connectivity index (χ4n) is 3.63. The maximum Gasteiger partial charge on any atom is 0.397 e. The minimum absolute atomic E-state index is 0.0416. The van der Waals surface area contributed by atoms with Crippen LogP contribution in [0.15, 0.2) is 12.2 Å². The van der Waals surface area contributed by atoms with Crippen LogP contribution >= 0.6 is 0 Å². The highest BCUT2D eigenvalue weighted by molar-refractivity contribution is 7.80. The molecule has 1 atom stereocenters. The highest BCUT2D eigenvalue weighted by Gasteiger charge is 2.11. The Balaban J connectivity index is 3.73. The third-order valence-electron chi connectivity index (χ3n) is 5.49. The van der Waals surface area contributed by atoms with Gasteiger partial charge in [-0.3, -0.25) is 4.55 Å². The summed E-state index contributed by atoms with van der Waals surface area (Å²) in [6.45, 7) is 4.48. The summed E-state index contributed by atoms with van der Waals surface area (Å²) >= 11 is 0. The molecule has 0 saturated carbocycles. The molecule has 0 rings (SSSR count). The standard InChI is InChI=1S/C24H48O4S/c1-3-5-7-9-10-11-12-13-14-15-16-17-18-20-22-24(21-19-8-6-4-2)23-28-29(25,26)27/h20,22,24H,3-19,21,23H2,1-2H3,(H,25,26,27)/b22-20+. The van der Waals surface area contributed by atoms with Gasteiger partial charge in [0.15, 0.2) is 0 Å². The molecule has 0 amide bonds. The van der Waals surface area contributed by atoms with Gasteiger partial charge in [0.05, 0.1) is 6.61 Å². The molecule has 29 heavy (non-hydrogen) atoms. The van der Waals surface area contributed by atoms with Crippen molar-refractivity contribution in [3.8, 4) is 0 Å². The fraction of sp³-hybridized carbons (Fsp3) is 0.917. The van der Waals surface area contributed by atoms with E-state index in [1.165, 1.54) is 89.9 Å². The first kappa shape index (κ1) is 28.6. The molecule has 5 heteroatoms. The molecule has 1 N–H and O–H groups in total. The van der Waals surface area contributed by atoms with Gasteiger partial charge >= 0.3 is 10.4 Å². The van der Waals surface area contributed by atoms with Gasteiger partial charge in [0.1, 0.15) is 0 Å². The molecule has 174 valence electrons. The summed E-state index contributed by atoms with van der Waals surface area (Å²) in [5.74, 6) is 0.0612. The zero-order chi connectivity index (χ0) is 21.6. The average molecular weight is 433 g/mol. The lowest BCUT2D eigenvalue weighted by Crippen LogP contribution is -2.12. The number of unbranched alkanes of at least 4 members (excludes halogenated alkanes) is 15. The molecule has 0 aromatic heterocycles. The van der Waals surface area contributed by atoms with Crippen molar-refractivity contribution >= 4 is 10.4 Å².